The zero-order valence-corrected chi connectivity index (χ0v) is 26.6. The highest BCUT2D eigenvalue weighted by Gasteiger charge is 2.19. The molecule has 0 bridgehead atoms. The summed E-state index contributed by atoms with van der Waals surface area (Å²) in [5.41, 5.74) is 13.4. The Balaban J connectivity index is 1.12. The summed E-state index contributed by atoms with van der Waals surface area (Å²) in [6.45, 7) is 0. The second kappa shape index (κ2) is 11.0. The molecule has 0 spiro atoms. The van der Waals surface area contributed by atoms with E-state index in [2.05, 4.69) is 156 Å². The molecule has 0 aliphatic carbocycles. The second-order valence-corrected chi connectivity index (χ2v) is 12.6. The Morgan fingerprint density at radius 1 is 0.327 bits per heavy atom. The van der Waals surface area contributed by atoms with E-state index in [1.54, 1.807) is 0 Å². The van der Waals surface area contributed by atoms with Gasteiger partial charge in [-0.15, -0.1) is 0 Å². The first-order chi connectivity index (χ1) is 24.3. The zero-order chi connectivity index (χ0) is 32.3. The molecule has 0 amide bonds. The molecule has 0 atom stereocenters. The van der Waals surface area contributed by atoms with Gasteiger partial charge in [-0.2, -0.15) is 0 Å². The molecule has 3 heteroatoms. The smallest absolute Gasteiger partial charge is 0.160 e. The Hall–Kier alpha value is -6.58. The molecule has 3 nitrogen and oxygen atoms in total. The van der Waals surface area contributed by atoms with Gasteiger partial charge in [0.15, 0.2) is 5.82 Å². The average Bonchev–Trinajstić information content (AvgIpc) is 3.71. The molecule has 0 unspecified atom stereocenters. The van der Waals surface area contributed by atoms with Crippen LogP contribution in [0.15, 0.2) is 176 Å². The molecule has 0 saturated carbocycles. The van der Waals surface area contributed by atoms with Crippen LogP contribution in [-0.2, 0) is 0 Å². The van der Waals surface area contributed by atoms with Gasteiger partial charge in [0.25, 0.3) is 0 Å². The van der Waals surface area contributed by atoms with Crippen LogP contribution in [0, 0.1) is 0 Å². The topological polar surface area (TPSA) is 30.2 Å². The Kier molecular flexibility index (Phi) is 6.18. The zero-order valence-electron chi connectivity index (χ0n) is 26.6. The van der Waals surface area contributed by atoms with Gasteiger partial charge in [0.05, 0.1) is 27.9 Å². The van der Waals surface area contributed by atoms with Crippen LogP contribution < -0.4 is 0 Å². The predicted octanol–water partition coefficient (Wildman–Crippen LogP) is 12.0. The number of rotatable bonds is 5. The quantitative estimate of drug-likeness (QED) is 0.191. The lowest BCUT2D eigenvalue weighted by molar-refractivity contribution is 1.18. The van der Waals surface area contributed by atoms with E-state index in [4.69, 9.17) is 9.97 Å². The summed E-state index contributed by atoms with van der Waals surface area (Å²) in [7, 11) is 0. The largest absolute Gasteiger partial charge is 0.307 e. The van der Waals surface area contributed by atoms with Gasteiger partial charge in [-0.1, -0.05) is 152 Å². The number of fused-ring (bicyclic) bond motifs is 6. The van der Waals surface area contributed by atoms with Crippen LogP contribution in [0.2, 0.25) is 0 Å². The Morgan fingerprint density at radius 3 is 1.57 bits per heavy atom. The molecular weight excluding hydrogens is 595 g/mol. The first-order valence-corrected chi connectivity index (χ1v) is 16.7. The van der Waals surface area contributed by atoms with Crippen molar-refractivity contribution in [2.45, 2.75) is 0 Å². The van der Waals surface area contributed by atoms with Crippen molar-refractivity contribution < 1.29 is 0 Å². The number of nitrogens with zero attached hydrogens (tertiary/aromatic N) is 3. The minimum absolute atomic E-state index is 0.718. The minimum atomic E-state index is 0.718. The van der Waals surface area contributed by atoms with Gasteiger partial charge in [0, 0.05) is 43.8 Å². The molecule has 0 saturated heterocycles. The van der Waals surface area contributed by atoms with Crippen LogP contribution in [0.4, 0.5) is 0 Å². The van der Waals surface area contributed by atoms with E-state index < -0.39 is 0 Å². The molecule has 3 aromatic heterocycles. The lowest BCUT2D eigenvalue weighted by atomic mass is 9.96. The third-order valence-electron chi connectivity index (χ3n) is 9.74. The van der Waals surface area contributed by atoms with Crippen molar-refractivity contribution in [2.75, 3.05) is 0 Å². The standard InChI is InChI=1S/C46H29N3/c1-3-13-30(14-4-1)41-29-42(48-46(47-41)31-15-5-2-6-16-31)35-20-10-18-33(28-35)32-17-9-19-34(27-32)36-22-11-24-39-40-25-12-23-38-37-21-7-8-26-43(37)49(44(36)39)45(38)40/h1-29H. The summed E-state index contributed by atoms with van der Waals surface area (Å²) in [5, 5.41) is 5.17. The van der Waals surface area contributed by atoms with Crippen molar-refractivity contribution in [1.82, 2.24) is 14.4 Å². The van der Waals surface area contributed by atoms with E-state index in [9.17, 15) is 0 Å². The molecule has 0 fully saturated rings. The fraction of sp³-hybridized carbons (Fsp3) is 0. The van der Waals surface area contributed by atoms with Crippen molar-refractivity contribution in [1.29, 1.82) is 0 Å². The van der Waals surface area contributed by atoms with Crippen LogP contribution >= 0.6 is 0 Å². The van der Waals surface area contributed by atoms with E-state index >= 15 is 0 Å². The maximum Gasteiger partial charge on any atom is 0.160 e. The molecule has 228 valence electrons. The third kappa shape index (κ3) is 4.44. The van der Waals surface area contributed by atoms with Crippen LogP contribution in [0.3, 0.4) is 0 Å². The molecule has 3 heterocycles. The van der Waals surface area contributed by atoms with Crippen LogP contribution in [0.25, 0.3) is 94.3 Å². The molecule has 0 N–H and O–H groups in total. The van der Waals surface area contributed by atoms with E-state index in [1.807, 2.05) is 24.3 Å². The van der Waals surface area contributed by atoms with E-state index in [-0.39, 0.29) is 0 Å². The first-order valence-electron chi connectivity index (χ1n) is 16.7. The Bertz CT molecular complexity index is 2760. The average molecular weight is 624 g/mol. The van der Waals surface area contributed by atoms with Gasteiger partial charge in [0.1, 0.15) is 0 Å². The predicted molar refractivity (Wildman–Crippen MR) is 204 cm³/mol. The summed E-state index contributed by atoms with van der Waals surface area (Å²) in [5.74, 6) is 0.718. The minimum Gasteiger partial charge on any atom is -0.307 e. The van der Waals surface area contributed by atoms with Crippen LogP contribution in [0.5, 0.6) is 0 Å². The molecular formula is C46H29N3. The highest BCUT2D eigenvalue weighted by Crippen LogP contribution is 2.42. The third-order valence-corrected chi connectivity index (χ3v) is 9.74. The fourth-order valence-corrected chi connectivity index (χ4v) is 7.50. The lowest BCUT2D eigenvalue weighted by Gasteiger charge is -2.12. The number of aromatic nitrogens is 3. The van der Waals surface area contributed by atoms with Crippen molar-refractivity contribution in [3.05, 3.63) is 176 Å². The summed E-state index contributed by atoms with van der Waals surface area (Å²) < 4.78 is 2.47. The molecule has 10 rings (SSSR count). The summed E-state index contributed by atoms with van der Waals surface area (Å²) >= 11 is 0. The van der Waals surface area contributed by atoms with Gasteiger partial charge in [-0.3, -0.25) is 0 Å². The first kappa shape index (κ1) is 27.5. The number of benzene rings is 7. The second-order valence-electron chi connectivity index (χ2n) is 12.6. The van der Waals surface area contributed by atoms with Crippen LogP contribution in [0.1, 0.15) is 0 Å². The van der Waals surface area contributed by atoms with E-state index in [0.717, 1.165) is 45.0 Å². The van der Waals surface area contributed by atoms with Gasteiger partial charge in [-0.25, -0.2) is 9.97 Å². The summed E-state index contributed by atoms with van der Waals surface area (Å²) in [6, 6.07) is 62.5. The van der Waals surface area contributed by atoms with Gasteiger partial charge >= 0.3 is 0 Å². The van der Waals surface area contributed by atoms with E-state index in [0.29, 0.717) is 0 Å². The van der Waals surface area contributed by atoms with Crippen molar-refractivity contribution in [3.63, 3.8) is 0 Å². The highest BCUT2D eigenvalue weighted by atomic mass is 14.9. The van der Waals surface area contributed by atoms with Gasteiger partial charge < -0.3 is 4.40 Å². The summed E-state index contributed by atoms with van der Waals surface area (Å²) in [4.78, 5) is 10.1. The van der Waals surface area contributed by atoms with Crippen molar-refractivity contribution in [2.24, 2.45) is 0 Å². The van der Waals surface area contributed by atoms with Gasteiger partial charge in [-0.05, 0) is 41.0 Å². The number of hydrogen-bond donors (Lipinski definition) is 0. The van der Waals surface area contributed by atoms with Crippen molar-refractivity contribution in [3.8, 4) is 56.2 Å². The van der Waals surface area contributed by atoms with E-state index in [1.165, 1.54) is 49.2 Å². The monoisotopic (exact) mass is 623 g/mol. The molecule has 49 heavy (non-hydrogen) atoms. The van der Waals surface area contributed by atoms with Crippen LogP contribution in [-0.4, -0.2) is 14.4 Å². The maximum atomic E-state index is 5.08. The Morgan fingerprint density at radius 2 is 0.816 bits per heavy atom. The highest BCUT2D eigenvalue weighted by molar-refractivity contribution is 6.25. The number of para-hydroxylation sites is 3. The lowest BCUT2D eigenvalue weighted by Crippen LogP contribution is -1.96. The fourth-order valence-electron chi connectivity index (χ4n) is 7.50. The molecule has 0 aliphatic rings. The Labute approximate surface area is 283 Å². The summed E-state index contributed by atoms with van der Waals surface area (Å²) in [6.07, 6.45) is 0. The normalized spacial score (nSPS) is 11.7. The molecule has 0 radical (unpaired) electrons. The van der Waals surface area contributed by atoms with Gasteiger partial charge in [0.2, 0.25) is 0 Å². The SMILES string of the molecule is c1ccc(-c2cc(-c3cccc(-c4cccc(-c5cccc6c7cccc8c9ccccc9n(c56)c87)c4)c3)nc(-c3ccccc3)n2)cc1. The maximum absolute atomic E-state index is 5.08. The molecule has 0 aliphatic heterocycles. The molecule has 7 aromatic carbocycles. The number of hydrogen-bond acceptors (Lipinski definition) is 2. The van der Waals surface area contributed by atoms with Crippen molar-refractivity contribution >= 4 is 38.1 Å². The molecule has 10 aromatic rings.